The number of alkyl halides is 9. The second-order valence-electron chi connectivity index (χ2n) is 11.5. The number of benzene rings is 3. The summed E-state index contributed by atoms with van der Waals surface area (Å²) < 4.78 is 134. The molecule has 0 saturated carbocycles. The van der Waals surface area contributed by atoms with E-state index in [-0.39, 0.29) is 34.1 Å². The van der Waals surface area contributed by atoms with Gasteiger partial charge in [0.05, 0.1) is 36.4 Å². The Bertz CT molecular complexity index is 1940. The maximum absolute atomic E-state index is 13.9. The molecule has 0 unspecified atom stereocenters. The van der Waals surface area contributed by atoms with Crippen molar-refractivity contribution in [3.8, 4) is 28.0 Å². The molecule has 2 atom stereocenters. The molecule has 0 spiro atoms. The number of amides is 1. The summed E-state index contributed by atoms with van der Waals surface area (Å²) in [6, 6.07) is 9.28. The minimum atomic E-state index is -5.17. The van der Waals surface area contributed by atoms with Gasteiger partial charge in [0.25, 0.3) is 0 Å². The number of aryl methyl sites for hydroxylation is 1. The summed E-state index contributed by atoms with van der Waals surface area (Å²) in [5.74, 6) is -0.976. The summed E-state index contributed by atoms with van der Waals surface area (Å²) in [5.41, 5.74) is -3.40. The number of carboxylic acids is 1. The van der Waals surface area contributed by atoms with Crippen molar-refractivity contribution in [2.24, 2.45) is 0 Å². The Balaban J connectivity index is 1.59. The number of pyridine rings is 1. The lowest BCUT2D eigenvalue weighted by molar-refractivity contribution is -0.143. The van der Waals surface area contributed by atoms with E-state index in [4.69, 9.17) is 9.47 Å². The van der Waals surface area contributed by atoms with Gasteiger partial charge < -0.3 is 14.6 Å². The first kappa shape index (κ1) is 36.0. The highest BCUT2D eigenvalue weighted by atomic mass is 19.4. The third-order valence-electron chi connectivity index (χ3n) is 8.23. The monoisotopic (exact) mass is 712 g/mol. The van der Waals surface area contributed by atoms with E-state index in [9.17, 15) is 54.2 Å². The maximum atomic E-state index is 13.9. The molecule has 5 rings (SSSR count). The van der Waals surface area contributed by atoms with Crippen LogP contribution in [0.1, 0.15) is 56.9 Å². The molecule has 1 saturated heterocycles. The molecule has 50 heavy (non-hydrogen) atoms. The topological polar surface area (TPSA) is 89.0 Å². The molecule has 1 aromatic heterocycles. The highest BCUT2D eigenvalue weighted by Gasteiger charge is 2.44. The van der Waals surface area contributed by atoms with Crippen molar-refractivity contribution in [3.63, 3.8) is 0 Å². The number of ether oxygens (including phenoxy) is 2. The van der Waals surface area contributed by atoms with Gasteiger partial charge in [0.1, 0.15) is 17.5 Å². The average Bonchev–Trinajstić information content (AvgIpc) is 3.31. The highest BCUT2D eigenvalue weighted by molar-refractivity contribution is 5.89. The molecule has 3 aromatic carbocycles. The molecule has 0 radical (unpaired) electrons. The Morgan fingerprint density at radius 2 is 1.50 bits per heavy atom. The quantitative estimate of drug-likeness (QED) is 0.192. The van der Waals surface area contributed by atoms with Crippen molar-refractivity contribution in [2.75, 3.05) is 7.11 Å². The van der Waals surface area contributed by atoms with Crippen LogP contribution >= 0.6 is 0 Å². The normalized spacial score (nSPS) is 16.8. The smallest absolute Gasteiger partial charge is 0.433 e. The van der Waals surface area contributed by atoms with Crippen LogP contribution in [0.4, 0.5) is 44.3 Å². The van der Waals surface area contributed by atoms with Gasteiger partial charge in [-0.15, -0.1) is 0 Å². The van der Waals surface area contributed by atoms with E-state index in [0.29, 0.717) is 34.9 Å². The number of hydrogen-bond acceptors (Lipinski definition) is 5. The molecular formula is C34H25F9N2O5. The zero-order chi connectivity index (χ0) is 36.9. The van der Waals surface area contributed by atoms with E-state index < -0.39 is 71.7 Å². The fourth-order valence-electron chi connectivity index (χ4n) is 5.72. The Labute approximate surface area is 277 Å². The SMILES string of the molecule is COc1ccc(-c2ccc(C(=O)O)cc2C)cc1-c1cnc(C(F)(F)F)cc1CN1C(=O)O[C@H](c2cc(C(F)(F)F)cc(C(F)(F)F)c2)[C@@H]1C. The van der Waals surface area contributed by atoms with Gasteiger partial charge in [-0.1, -0.05) is 12.1 Å². The van der Waals surface area contributed by atoms with Gasteiger partial charge in [-0.3, -0.25) is 9.88 Å². The summed E-state index contributed by atoms with van der Waals surface area (Å²) in [6.45, 7) is 2.32. The average molecular weight is 713 g/mol. The van der Waals surface area contributed by atoms with Gasteiger partial charge >= 0.3 is 30.6 Å². The van der Waals surface area contributed by atoms with Crippen molar-refractivity contribution in [3.05, 3.63) is 106 Å². The zero-order valence-electron chi connectivity index (χ0n) is 26.1. The van der Waals surface area contributed by atoms with Crippen molar-refractivity contribution in [2.45, 2.75) is 51.1 Å². The van der Waals surface area contributed by atoms with Gasteiger partial charge in [0.15, 0.2) is 0 Å². The lowest BCUT2D eigenvalue weighted by atomic mass is 9.93. The molecule has 2 heterocycles. The van der Waals surface area contributed by atoms with E-state index in [2.05, 4.69) is 4.98 Å². The Morgan fingerprint density at radius 3 is 2.04 bits per heavy atom. The van der Waals surface area contributed by atoms with Crippen molar-refractivity contribution in [1.82, 2.24) is 9.88 Å². The number of carboxylic acid groups (broad SMARTS) is 1. The van der Waals surface area contributed by atoms with Crippen molar-refractivity contribution < 1.29 is 63.7 Å². The van der Waals surface area contributed by atoms with Gasteiger partial charge in [-0.05, 0) is 90.2 Å². The van der Waals surface area contributed by atoms with E-state index >= 15 is 0 Å². The van der Waals surface area contributed by atoms with Crippen LogP contribution in [-0.2, 0) is 29.8 Å². The largest absolute Gasteiger partial charge is 0.496 e. The number of aromatic carboxylic acids is 1. The number of methoxy groups -OCH3 is 1. The van der Waals surface area contributed by atoms with E-state index in [1.165, 1.54) is 32.2 Å². The van der Waals surface area contributed by atoms with Crippen molar-refractivity contribution >= 4 is 12.1 Å². The molecule has 1 amide bonds. The van der Waals surface area contributed by atoms with Gasteiger partial charge in [-0.2, -0.15) is 39.5 Å². The molecular weight excluding hydrogens is 687 g/mol. The summed E-state index contributed by atoms with van der Waals surface area (Å²) in [4.78, 5) is 29.0. The molecule has 264 valence electrons. The van der Waals surface area contributed by atoms with Crippen LogP contribution in [-0.4, -0.2) is 40.2 Å². The van der Waals surface area contributed by atoms with Crippen LogP contribution in [0.3, 0.4) is 0 Å². The van der Waals surface area contributed by atoms with Crippen LogP contribution in [0.2, 0.25) is 0 Å². The fourth-order valence-corrected chi connectivity index (χ4v) is 5.72. The minimum Gasteiger partial charge on any atom is -0.496 e. The van der Waals surface area contributed by atoms with Crippen molar-refractivity contribution in [1.29, 1.82) is 0 Å². The number of carbonyl (C=O) groups excluding carboxylic acids is 1. The van der Waals surface area contributed by atoms with E-state index in [0.717, 1.165) is 11.1 Å². The van der Waals surface area contributed by atoms with E-state index in [1.54, 1.807) is 25.1 Å². The van der Waals surface area contributed by atoms with Crippen LogP contribution in [0, 0.1) is 6.92 Å². The van der Waals surface area contributed by atoms with Gasteiger partial charge in [0, 0.05) is 17.3 Å². The highest BCUT2D eigenvalue weighted by Crippen LogP contribution is 2.43. The predicted molar refractivity (Wildman–Crippen MR) is 159 cm³/mol. The third kappa shape index (κ3) is 7.19. The minimum absolute atomic E-state index is 0.0268. The molecule has 16 heteroatoms. The zero-order valence-corrected chi connectivity index (χ0v) is 26.1. The third-order valence-corrected chi connectivity index (χ3v) is 8.23. The Hall–Kier alpha value is -5.28. The molecule has 7 nitrogen and oxygen atoms in total. The van der Waals surface area contributed by atoms with Gasteiger partial charge in [-0.25, -0.2) is 9.59 Å². The number of carbonyl (C=O) groups is 2. The van der Waals surface area contributed by atoms with Crippen LogP contribution in [0.25, 0.3) is 22.3 Å². The molecule has 1 fully saturated rings. The van der Waals surface area contributed by atoms with E-state index in [1.807, 2.05) is 0 Å². The summed E-state index contributed by atoms with van der Waals surface area (Å²) in [6.07, 6.45) is -17.2. The summed E-state index contributed by atoms with van der Waals surface area (Å²) in [7, 11) is 1.30. The van der Waals surface area contributed by atoms with Gasteiger partial charge in [0.2, 0.25) is 0 Å². The number of halogens is 9. The lowest BCUT2D eigenvalue weighted by Gasteiger charge is -2.24. The molecule has 4 aromatic rings. The van der Waals surface area contributed by atoms with Crippen LogP contribution in [0.5, 0.6) is 5.75 Å². The first-order chi connectivity index (χ1) is 23.2. The molecule has 1 N–H and O–H groups in total. The second-order valence-corrected chi connectivity index (χ2v) is 11.5. The van der Waals surface area contributed by atoms with Crippen LogP contribution < -0.4 is 4.74 Å². The molecule has 0 bridgehead atoms. The predicted octanol–water partition coefficient (Wildman–Crippen LogP) is 9.57. The van der Waals surface area contributed by atoms with Crippen LogP contribution in [0.15, 0.2) is 66.9 Å². The number of nitrogens with zero attached hydrogens (tertiary/aromatic N) is 2. The summed E-state index contributed by atoms with van der Waals surface area (Å²) >= 11 is 0. The standard InChI is InChI=1S/C34H25F9N2O5/c1-16-8-19(30(46)47)4-6-24(16)18-5-7-27(49-3)25(11-18)26-14-44-28(34(41,42)43)12-21(26)15-45-17(2)29(50-31(45)48)20-9-22(32(35,36)37)13-23(10-20)33(38,39)40/h4-14,17,29H,15H2,1-3H3,(H,46,47)/t17-,29-/m0/s1. The Morgan fingerprint density at radius 1 is 0.860 bits per heavy atom. The number of aromatic nitrogens is 1. The molecule has 1 aliphatic heterocycles. The lowest BCUT2D eigenvalue weighted by Crippen LogP contribution is -2.32. The number of cyclic esters (lactones) is 1. The Kier molecular flexibility index (Phi) is 9.27. The molecule has 1 aliphatic rings. The summed E-state index contributed by atoms with van der Waals surface area (Å²) in [5, 5.41) is 9.34. The maximum Gasteiger partial charge on any atom is 0.433 e. The second kappa shape index (κ2) is 12.9. The molecule has 0 aliphatic carbocycles. The number of hydrogen-bond donors (Lipinski definition) is 1. The first-order valence-corrected chi connectivity index (χ1v) is 14.5. The fraction of sp³-hybridized carbons (Fsp3) is 0.265. The first-order valence-electron chi connectivity index (χ1n) is 14.5. The number of rotatable bonds is 7.